The molecule has 22 heavy (non-hydrogen) atoms. The Morgan fingerprint density at radius 3 is 2.18 bits per heavy atom. The Kier molecular flexibility index (Phi) is 2.12. The molecule has 5 rings (SSSR count). The summed E-state index contributed by atoms with van der Waals surface area (Å²) in [6, 6.07) is 8.36. The topological polar surface area (TPSA) is 43.6 Å². The van der Waals surface area contributed by atoms with Crippen molar-refractivity contribution in [2.75, 3.05) is 0 Å². The summed E-state index contributed by atoms with van der Waals surface area (Å²) < 4.78 is 2.08. The highest BCUT2D eigenvalue weighted by molar-refractivity contribution is 6.25. The fourth-order valence-corrected chi connectivity index (χ4v) is 3.28. The first-order valence-corrected chi connectivity index (χ1v) is 7.18. The maximum absolute atomic E-state index is 4.60. The number of pyridine rings is 1. The largest absolute Gasteiger partial charge is 0.356 e. The van der Waals surface area contributed by atoms with Gasteiger partial charge in [0.05, 0.1) is 16.6 Å². The van der Waals surface area contributed by atoms with E-state index >= 15 is 0 Å². The highest BCUT2D eigenvalue weighted by Gasteiger charge is 2.12. The first-order chi connectivity index (χ1) is 10.8. The molecular weight excluding hydrogens is 272 g/mol. The molecule has 0 saturated carbocycles. The number of fused-ring (bicyclic) bond motifs is 7. The van der Waals surface area contributed by atoms with E-state index in [-0.39, 0.29) is 0 Å². The molecule has 0 unspecified atom stereocenters. The maximum Gasteiger partial charge on any atom is 0.0893 e. The van der Waals surface area contributed by atoms with E-state index in [1.807, 2.05) is 19.3 Å². The predicted octanol–water partition coefficient (Wildman–Crippen LogP) is 3.82. The van der Waals surface area contributed by atoms with Gasteiger partial charge in [0.25, 0.3) is 0 Å². The molecule has 4 nitrogen and oxygen atoms in total. The molecule has 0 radical (unpaired) electrons. The molecule has 4 heteroatoms. The molecule has 0 spiro atoms. The third-order valence-corrected chi connectivity index (χ3v) is 4.21. The average molecular weight is 284 g/mol. The second kappa shape index (κ2) is 4.01. The van der Waals surface area contributed by atoms with Crippen LogP contribution in [0.3, 0.4) is 0 Å². The molecule has 2 aromatic carbocycles. The Morgan fingerprint density at radius 2 is 1.41 bits per heavy atom. The number of hydrogen-bond acceptors (Lipinski definition) is 3. The van der Waals surface area contributed by atoms with E-state index in [4.69, 9.17) is 0 Å². The van der Waals surface area contributed by atoms with E-state index in [9.17, 15) is 0 Å². The molecule has 3 aromatic heterocycles. The van der Waals surface area contributed by atoms with E-state index in [0.717, 1.165) is 21.9 Å². The summed E-state index contributed by atoms with van der Waals surface area (Å²) in [6.45, 7) is 0. The van der Waals surface area contributed by atoms with Gasteiger partial charge in [-0.25, -0.2) is 0 Å². The average Bonchev–Trinajstić information content (AvgIpc) is 2.95. The maximum atomic E-state index is 4.60. The Bertz CT molecular complexity index is 1190. The number of rotatable bonds is 0. The summed E-state index contributed by atoms with van der Waals surface area (Å²) >= 11 is 0. The van der Waals surface area contributed by atoms with Crippen molar-refractivity contribution >= 4 is 43.5 Å². The van der Waals surface area contributed by atoms with Crippen molar-refractivity contribution in [1.82, 2.24) is 19.5 Å². The minimum atomic E-state index is 0.912. The van der Waals surface area contributed by atoms with Gasteiger partial charge in [-0.05, 0) is 29.0 Å². The van der Waals surface area contributed by atoms with Crippen LogP contribution in [0.2, 0.25) is 0 Å². The van der Waals surface area contributed by atoms with E-state index < -0.39 is 0 Å². The number of benzene rings is 2. The number of nitrogens with zero attached hydrogens (tertiary/aromatic N) is 4. The molecule has 0 amide bonds. The van der Waals surface area contributed by atoms with Crippen LogP contribution in [0.1, 0.15) is 0 Å². The Morgan fingerprint density at radius 1 is 0.727 bits per heavy atom. The molecule has 0 N–H and O–H groups in total. The summed E-state index contributed by atoms with van der Waals surface area (Å²) in [5.74, 6) is 0. The molecule has 0 aliphatic rings. The van der Waals surface area contributed by atoms with Gasteiger partial charge in [0.15, 0.2) is 0 Å². The minimum absolute atomic E-state index is 0.912. The van der Waals surface area contributed by atoms with Crippen LogP contribution in [0.4, 0.5) is 0 Å². The van der Waals surface area contributed by atoms with Gasteiger partial charge < -0.3 is 4.57 Å². The lowest BCUT2D eigenvalue weighted by Gasteiger charge is -2.07. The van der Waals surface area contributed by atoms with Gasteiger partial charge in [0, 0.05) is 54.2 Å². The van der Waals surface area contributed by atoms with Crippen molar-refractivity contribution in [2.24, 2.45) is 7.05 Å². The molecule has 104 valence electrons. The van der Waals surface area contributed by atoms with Gasteiger partial charge >= 0.3 is 0 Å². The van der Waals surface area contributed by atoms with Crippen molar-refractivity contribution in [3.05, 3.63) is 55.2 Å². The van der Waals surface area contributed by atoms with Crippen molar-refractivity contribution in [2.45, 2.75) is 0 Å². The van der Waals surface area contributed by atoms with Crippen LogP contribution in [0.25, 0.3) is 43.5 Å². The third-order valence-electron chi connectivity index (χ3n) is 4.21. The van der Waals surface area contributed by atoms with Crippen molar-refractivity contribution < 1.29 is 0 Å². The summed E-state index contributed by atoms with van der Waals surface area (Å²) in [5, 5.41) is 5.91. The van der Waals surface area contributed by atoms with Gasteiger partial charge in [0.2, 0.25) is 0 Å². The highest BCUT2D eigenvalue weighted by Crippen LogP contribution is 2.35. The molecule has 0 aliphatic carbocycles. The van der Waals surface area contributed by atoms with Crippen LogP contribution in [-0.4, -0.2) is 19.5 Å². The van der Waals surface area contributed by atoms with Crippen LogP contribution < -0.4 is 0 Å². The van der Waals surface area contributed by atoms with Crippen molar-refractivity contribution in [1.29, 1.82) is 0 Å². The van der Waals surface area contributed by atoms with E-state index in [1.165, 1.54) is 21.5 Å². The van der Waals surface area contributed by atoms with Gasteiger partial charge in [-0.1, -0.05) is 6.07 Å². The first-order valence-electron chi connectivity index (χ1n) is 7.18. The summed E-state index contributed by atoms with van der Waals surface area (Å²) in [5.41, 5.74) is 2.87. The molecule has 0 saturated heterocycles. The van der Waals surface area contributed by atoms with E-state index in [1.54, 1.807) is 12.4 Å². The quantitative estimate of drug-likeness (QED) is 0.321. The van der Waals surface area contributed by atoms with Crippen LogP contribution in [-0.2, 0) is 7.05 Å². The van der Waals surface area contributed by atoms with Crippen molar-refractivity contribution in [3.8, 4) is 0 Å². The second-order valence-electron chi connectivity index (χ2n) is 5.59. The van der Waals surface area contributed by atoms with Crippen LogP contribution >= 0.6 is 0 Å². The van der Waals surface area contributed by atoms with Crippen LogP contribution in [0, 0.1) is 0 Å². The SMILES string of the molecule is Cn1cc2c3cc4nccnc4cc3c3cccnc3c2c1. The van der Waals surface area contributed by atoms with Gasteiger partial charge in [-0.2, -0.15) is 0 Å². The number of hydrogen-bond donors (Lipinski definition) is 0. The van der Waals surface area contributed by atoms with E-state index in [2.05, 4.69) is 50.1 Å². The zero-order valence-electron chi connectivity index (χ0n) is 12.0. The summed E-state index contributed by atoms with van der Waals surface area (Å²) in [4.78, 5) is 13.5. The third kappa shape index (κ3) is 1.44. The second-order valence-corrected chi connectivity index (χ2v) is 5.59. The van der Waals surface area contributed by atoms with Gasteiger partial charge in [-0.3, -0.25) is 15.0 Å². The fourth-order valence-electron chi connectivity index (χ4n) is 3.28. The molecular formula is C18H12N4. The zero-order chi connectivity index (χ0) is 14.7. The summed E-state index contributed by atoms with van der Waals surface area (Å²) in [7, 11) is 2.04. The predicted molar refractivity (Wildman–Crippen MR) is 88.8 cm³/mol. The fraction of sp³-hybridized carbons (Fsp3) is 0.0556. The van der Waals surface area contributed by atoms with Gasteiger partial charge in [0.1, 0.15) is 0 Å². The lowest BCUT2D eigenvalue weighted by Crippen LogP contribution is -1.86. The smallest absolute Gasteiger partial charge is 0.0893 e. The lowest BCUT2D eigenvalue weighted by atomic mass is 9.99. The van der Waals surface area contributed by atoms with Gasteiger partial charge in [-0.15, -0.1) is 0 Å². The van der Waals surface area contributed by atoms with Crippen LogP contribution in [0.15, 0.2) is 55.2 Å². The highest BCUT2D eigenvalue weighted by atomic mass is 14.9. The lowest BCUT2D eigenvalue weighted by molar-refractivity contribution is 0.934. The molecule has 0 aliphatic heterocycles. The molecule has 3 heterocycles. The Labute approximate surface area is 126 Å². The normalized spacial score (nSPS) is 11.9. The zero-order valence-corrected chi connectivity index (χ0v) is 12.0. The molecule has 0 bridgehead atoms. The van der Waals surface area contributed by atoms with E-state index in [0.29, 0.717) is 0 Å². The molecule has 5 aromatic rings. The Hall–Kier alpha value is -3.01. The van der Waals surface area contributed by atoms with Crippen molar-refractivity contribution in [3.63, 3.8) is 0 Å². The monoisotopic (exact) mass is 284 g/mol. The standard InChI is InChI=1S/C18H12N4/c1-22-9-14-13-8-17-16(19-5-6-20-17)7-12(13)11-3-2-4-21-18(11)15(14)10-22/h2-10H,1H3. The molecule has 0 atom stereocenters. The summed E-state index contributed by atoms with van der Waals surface area (Å²) in [6.07, 6.45) is 9.59. The van der Waals surface area contributed by atoms with Crippen LogP contribution in [0.5, 0.6) is 0 Å². The number of aromatic nitrogens is 4. The first kappa shape index (κ1) is 11.6. The Balaban J connectivity index is 2.17. The minimum Gasteiger partial charge on any atom is -0.356 e. The number of aryl methyl sites for hydroxylation is 1. The molecule has 0 fully saturated rings.